The SMILES string of the molecule is Cc1nc(NCC(O)C(C)C)sc1C. The number of rotatable bonds is 4. The summed E-state index contributed by atoms with van der Waals surface area (Å²) in [5.41, 5.74) is 1.07. The Morgan fingerprint density at radius 1 is 1.43 bits per heavy atom. The fraction of sp³-hybridized carbons (Fsp3) is 0.700. The molecule has 0 amide bonds. The van der Waals surface area contributed by atoms with Crippen molar-refractivity contribution in [1.29, 1.82) is 0 Å². The van der Waals surface area contributed by atoms with Gasteiger partial charge in [-0.2, -0.15) is 0 Å². The zero-order valence-corrected chi connectivity index (χ0v) is 9.98. The minimum Gasteiger partial charge on any atom is -0.391 e. The summed E-state index contributed by atoms with van der Waals surface area (Å²) in [6.45, 7) is 8.63. The van der Waals surface area contributed by atoms with Gasteiger partial charge in [0.05, 0.1) is 11.8 Å². The summed E-state index contributed by atoms with van der Waals surface area (Å²) in [5.74, 6) is 0.282. The van der Waals surface area contributed by atoms with Crippen molar-refractivity contribution in [2.45, 2.75) is 33.8 Å². The standard InChI is InChI=1S/C10H18N2OS/c1-6(2)9(13)5-11-10-12-7(3)8(4)14-10/h6,9,13H,5H2,1-4H3,(H,11,12). The first-order chi connectivity index (χ1) is 6.50. The zero-order chi connectivity index (χ0) is 10.7. The molecule has 0 saturated heterocycles. The van der Waals surface area contributed by atoms with Crippen LogP contribution in [0.25, 0.3) is 0 Å². The molecule has 0 aromatic carbocycles. The van der Waals surface area contributed by atoms with Crippen LogP contribution in [-0.2, 0) is 0 Å². The van der Waals surface area contributed by atoms with Crippen molar-refractivity contribution < 1.29 is 5.11 Å². The highest BCUT2D eigenvalue weighted by molar-refractivity contribution is 7.15. The number of thiazole rings is 1. The van der Waals surface area contributed by atoms with E-state index in [1.807, 2.05) is 20.8 Å². The summed E-state index contributed by atoms with van der Waals surface area (Å²) in [7, 11) is 0. The van der Waals surface area contributed by atoms with Crippen LogP contribution < -0.4 is 5.32 Å². The molecular formula is C10H18N2OS. The van der Waals surface area contributed by atoms with E-state index in [1.54, 1.807) is 11.3 Å². The third kappa shape index (κ3) is 2.96. The van der Waals surface area contributed by atoms with E-state index in [-0.39, 0.29) is 12.0 Å². The molecule has 0 fully saturated rings. The highest BCUT2D eigenvalue weighted by atomic mass is 32.1. The molecule has 0 saturated carbocycles. The normalized spacial score (nSPS) is 13.3. The number of nitrogens with zero attached hydrogens (tertiary/aromatic N) is 1. The van der Waals surface area contributed by atoms with Crippen LogP contribution in [0.4, 0.5) is 5.13 Å². The summed E-state index contributed by atoms with van der Waals surface area (Å²) >= 11 is 1.63. The Morgan fingerprint density at radius 2 is 2.07 bits per heavy atom. The Labute approximate surface area is 89.2 Å². The highest BCUT2D eigenvalue weighted by Crippen LogP contribution is 2.21. The lowest BCUT2D eigenvalue weighted by molar-refractivity contribution is 0.138. The van der Waals surface area contributed by atoms with E-state index in [9.17, 15) is 5.11 Å². The number of nitrogens with one attached hydrogen (secondary N) is 1. The molecule has 80 valence electrons. The molecular weight excluding hydrogens is 196 g/mol. The van der Waals surface area contributed by atoms with Crippen LogP contribution in [0.15, 0.2) is 0 Å². The lowest BCUT2D eigenvalue weighted by Crippen LogP contribution is -2.24. The van der Waals surface area contributed by atoms with Crippen molar-refractivity contribution in [3.05, 3.63) is 10.6 Å². The first kappa shape index (κ1) is 11.5. The van der Waals surface area contributed by atoms with E-state index in [0.717, 1.165) is 10.8 Å². The summed E-state index contributed by atoms with van der Waals surface area (Å²) in [6.07, 6.45) is -0.306. The van der Waals surface area contributed by atoms with E-state index < -0.39 is 0 Å². The van der Waals surface area contributed by atoms with Crippen molar-refractivity contribution in [2.75, 3.05) is 11.9 Å². The largest absolute Gasteiger partial charge is 0.391 e. The van der Waals surface area contributed by atoms with Gasteiger partial charge in [0, 0.05) is 11.4 Å². The molecule has 0 spiro atoms. The molecule has 1 heterocycles. The molecule has 2 N–H and O–H groups in total. The molecule has 0 radical (unpaired) electrons. The Bertz CT molecular complexity index is 277. The van der Waals surface area contributed by atoms with E-state index in [2.05, 4.69) is 17.2 Å². The van der Waals surface area contributed by atoms with Gasteiger partial charge in [-0.05, 0) is 19.8 Å². The fourth-order valence-corrected chi connectivity index (χ4v) is 1.80. The van der Waals surface area contributed by atoms with E-state index in [4.69, 9.17) is 0 Å². The Kier molecular flexibility index (Phi) is 3.89. The predicted molar refractivity (Wildman–Crippen MR) is 60.9 cm³/mol. The number of anilines is 1. The summed E-state index contributed by atoms with van der Waals surface area (Å²) in [4.78, 5) is 5.57. The number of aromatic nitrogens is 1. The molecule has 0 bridgehead atoms. The fourth-order valence-electron chi connectivity index (χ4n) is 0.976. The third-order valence-electron chi connectivity index (χ3n) is 2.26. The second-order valence-corrected chi connectivity index (χ2v) is 5.06. The van der Waals surface area contributed by atoms with Gasteiger partial charge >= 0.3 is 0 Å². The minimum absolute atomic E-state index is 0.282. The second kappa shape index (κ2) is 4.75. The van der Waals surface area contributed by atoms with Gasteiger partial charge in [0.1, 0.15) is 0 Å². The topological polar surface area (TPSA) is 45.2 Å². The average molecular weight is 214 g/mol. The van der Waals surface area contributed by atoms with Crippen molar-refractivity contribution >= 4 is 16.5 Å². The van der Waals surface area contributed by atoms with Crippen molar-refractivity contribution in [3.8, 4) is 0 Å². The van der Waals surface area contributed by atoms with Crippen molar-refractivity contribution in [2.24, 2.45) is 5.92 Å². The monoisotopic (exact) mass is 214 g/mol. The van der Waals surface area contributed by atoms with Gasteiger partial charge in [-0.25, -0.2) is 4.98 Å². The molecule has 0 aliphatic heterocycles. The number of hydrogen-bond donors (Lipinski definition) is 2. The molecule has 1 unspecified atom stereocenters. The molecule has 1 aromatic heterocycles. The number of hydrogen-bond acceptors (Lipinski definition) is 4. The maximum Gasteiger partial charge on any atom is 0.183 e. The van der Waals surface area contributed by atoms with E-state index in [1.165, 1.54) is 4.88 Å². The van der Waals surface area contributed by atoms with Crippen LogP contribution in [0.3, 0.4) is 0 Å². The van der Waals surface area contributed by atoms with Gasteiger partial charge < -0.3 is 10.4 Å². The van der Waals surface area contributed by atoms with Gasteiger partial charge in [0.25, 0.3) is 0 Å². The third-order valence-corrected chi connectivity index (χ3v) is 3.29. The first-order valence-corrected chi connectivity index (χ1v) is 5.68. The zero-order valence-electron chi connectivity index (χ0n) is 9.16. The van der Waals surface area contributed by atoms with E-state index >= 15 is 0 Å². The van der Waals surface area contributed by atoms with Crippen LogP contribution in [0.5, 0.6) is 0 Å². The summed E-state index contributed by atoms with van der Waals surface area (Å²) in [6, 6.07) is 0. The van der Waals surface area contributed by atoms with Crippen LogP contribution in [0.1, 0.15) is 24.4 Å². The summed E-state index contributed by atoms with van der Waals surface area (Å²) in [5, 5.41) is 13.6. The Balaban J connectivity index is 2.46. The highest BCUT2D eigenvalue weighted by Gasteiger charge is 2.10. The van der Waals surface area contributed by atoms with E-state index in [0.29, 0.717) is 6.54 Å². The first-order valence-electron chi connectivity index (χ1n) is 4.86. The maximum atomic E-state index is 9.58. The molecule has 3 nitrogen and oxygen atoms in total. The minimum atomic E-state index is -0.306. The van der Waals surface area contributed by atoms with Crippen LogP contribution in [0, 0.1) is 19.8 Å². The molecule has 1 rings (SSSR count). The van der Waals surface area contributed by atoms with Gasteiger partial charge in [-0.1, -0.05) is 13.8 Å². The van der Waals surface area contributed by atoms with Gasteiger partial charge in [-0.3, -0.25) is 0 Å². The van der Waals surface area contributed by atoms with Gasteiger partial charge in [0.2, 0.25) is 0 Å². The number of aliphatic hydroxyl groups is 1. The van der Waals surface area contributed by atoms with Gasteiger partial charge in [-0.15, -0.1) is 11.3 Å². The van der Waals surface area contributed by atoms with Crippen molar-refractivity contribution in [3.63, 3.8) is 0 Å². The molecule has 14 heavy (non-hydrogen) atoms. The van der Waals surface area contributed by atoms with Crippen LogP contribution >= 0.6 is 11.3 Å². The van der Waals surface area contributed by atoms with Crippen LogP contribution in [-0.4, -0.2) is 22.7 Å². The molecule has 0 aliphatic carbocycles. The molecule has 0 aliphatic rings. The molecule has 1 atom stereocenters. The molecule has 1 aromatic rings. The Morgan fingerprint density at radius 3 is 2.50 bits per heavy atom. The maximum absolute atomic E-state index is 9.58. The smallest absolute Gasteiger partial charge is 0.183 e. The van der Waals surface area contributed by atoms with Crippen LogP contribution in [0.2, 0.25) is 0 Å². The Hall–Kier alpha value is -0.610. The van der Waals surface area contributed by atoms with Gasteiger partial charge in [0.15, 0.2) is 5.13 Å². The quantitative estimate of drug-likeness (QED) is 0.807. The average Bonchev–Trinajstić information content (AvgIpc) is 2.42. The lowest BCUT2D eigenvalue weighted by atomic mass is 10.1. The number of aryl methyl sites for hydroxylation is 2. The van der Waals surface area contributed by atoms with Crippen molar-refractivity contribution in [1.82, 2.24) is 4.98 Å². The second-order valence-electron chi connectivity index (χ2n) is 3.85. The predicted octanol–water partition coefficient (Wildman–Crippen LogP) is 2.19. The number of aliphatic hydroxyl groups excluding tert-OH is 1. The summed E-state index contributed by atoms with van der Waals surface area (Å²) < 4.78 is 0. The molecule has 4 heteroatoms. The lowest BCUT2D eigenvalue weighted by Gasteiger charge is -2.14.